The topological polar surface area (TPSA) is 83.4 Å². The number of aliphatic imine (C=N–C) groups is 1. The maximum absolute atomic E-state index is 12.4. The fourth-order valence-corrected chi connectivity index (χ4v) is 3.85. The Morgan fingerprint density at radius 2 is 1.94 bits per heavy atom. The van der Waals surface area contributed by atoms with Gasteiger partial charge in [-0.2, -0.15) is 0 Å². The zero-order valence-corrected chi connectivity index (χ0v) is 21.3. The van der Waals surface area contributed by atoms with E-state index < -0.39 is 11.9 Å². The monoisotopic (exact) mass is 647 g/mol. The molecule has 1 heterocycles. The summed E-state index contributed by atoms with van der Waals surface area (Å²) in [6, 6.07) is 9.28. The largest absolute Gasteiger partial charge is 0.490 e. The number of rotatable bonds is 7. The average molecular weight is 647 g/mol. The number of ether oxygens (including phenoxy) is 4. The lowest BCUT2D eigenvalue weighted by molar-refractivity contribution is -0.143. The summed E-state index contributed by atoms with van der Waals surface area (Å²) >= 11 is 4.33. The number of hydrogen-bond acceptors (Lipinski definition) is 7. The molecule has 7 nitrogen and oxygen atoms in total. The normalized spacial score (nSPS) is 14.3. The van der Waals surface area contributed by atoms with Gasteiger partial charge in [-0.25, -0.2) is 14.6 Å². The van der Waals surface area contributed by atoms with Crippen LogP contribution in [0.2, 0.25) is 0 Å². The Morgan fingerprint density at radius 3 is 2.61 bits per heavy atom. The number of hydrogen-bond donors (Lipinski definition) is 0. The molecule has 0 amide bonds. The molecule has 0 bridgehead atoms. The molecule has 3 rings (SSSR count). The van der Waals surface area contributed by atoms with Crippen LogP contribution < -0.4 is 9.47 Å². The molecular formula is C22H19I2NO6. The third-order valence-corrected chi connectivity index (χ3v) is 6.23. The summed E-state index contributed by atoms with van der Waals surface area (Å²) in [5.74, 6) is 0.140. The highest BCUT2D eigenvalue weighted by molar-refractivity contribution is 14.1. The molecule has 2 aromatic rings. The average Bonchev–Trinajstić information content (AvgIpc) is 3.09. The van der Waals surface area contributed by atoms with E-state index >= 15 is 0 Å². The van der Waals surface area contributed by atoms with E-state index in [9.17, 15) is 9.59 Å². The summed E-state index contributed by atoms with van der Waals surface area (Å²) < 4.78 is 23.0. The number of carbonyl (C=O) groups excluding carboxylic acids is 2. The van der Waals surface area contributed by atoms with Gasteiger partial charge in [-0.1, -0.05) is 0 Å². The zero-order valence-electron chi connectivity index (χ0n) is 17.0. The van der Waals surface area contributed by atoms with Crippen molar-refractivity contribution in [2.24, 2.45) is 4.99 Å². The second kappa shape index (κ2) is 10.4. The van der Waals surface area contributed by atoms with Crippen LogP contribution in [0.4, 0.5) is 0 Å². The molecule has 0 radical (unpaired) electrons. The van der Waals surface area contributed by atoms with Crippen LogP contribution in [0.25, 0.3) is 6.08 Å². The number of nitrogens with zero attached hydrogens (tertiary/aromatic N) is 1. The van der Waals surface area contributed by atoms with Gasteiger partial charge in [0.1, 0.15) is 0 Å². The van der Waals surface area contributed by atoms with E-state index in [4.69, 9.17) is 14.2 Å². The molecule has 0 spiro atoms. The maximum atomic E-state index is 12.4. The molecule has 0 fully saturated rings. The van der Waals surface area contributed by atoms with Gasteiger partial charge in [0, 0.05) is 9.13 Å². The van der Waals surface area contributed by atoms with Crippen LogP contribution in [-0.2, 0) is 19.1 Å². The van der Waals surface area contributed by atoms with Crippen molar-refractivity contribution in [1.82, 2.24) is 0 Å². The van der Waals surface area contributed by atoms with Gasteiger partial charge in [-0.05, 0) is 107 Å². The van der Waals surface area contributed by atoms with Gasteiger partial charge < -0.3 is 18.9 Å². The Hall–Kier alpha value is -2.15. The lowest BCUT2D eigenvalue weighted by atomic mass is 10.1. The van der Waals surface area contributed by atoms with Gasteiger partial charge in [0.15, 0.2) is 23.8 Å². The second-order valence-corrected chi connectivity index (χ2v) is 8.75. The van der Waals surface area contributed by atoms with Crippen molar-refractivity contribution >= 4 is 69.1 Å². The summed E-state index contributed by atoms with van der Waals surface area (Å²) in [5.41, 5.74) is 2.69. The second-order valence-electron chi connectivity index (χ2n) is 6.43. The summed E-state index contributed by atoms with van der Waals surface area (Å²) in [5, 5.41) is 0. The maximum Gasteiger partial charge on any atom is 0.363 e. The Balaban J connectivity index is 1.92. The number of cyclic esters (lactones) is 1. The molecule has 0 aromatic heterocycles. The molecular weight excluding hydrogens is 628 g/mol. The van der Waals surface area contributed by atoms with E-state index in [1.54, 1.807) is 18.2 Å². The van der Waals surface area contributed by atoms with Gasteiger partial charge >= 0.3 is 11.9 Å². The van der Waals surface area contributed by atoms with Crippen molar-refractivity contribution in [1.29, 1.82) is 0 Å². The minimum Gasteiger partial charge on any atom is -0.490 e. The van der Waals surface area contributed by atoms with Crippen LogP contribution in [-0.4, -0.2) is 38.2 Å². The third-order valence-electron chi connectivity index (χ3n) is 4.22. The number of carbonyl (C=O) groups is 2. The first-order chi connectivity index (χ1) is 14.8. The van der Waals surface area contributed by atoms with Crippen molar-refractivity contribution in [3.05, 3.63) is 59.9 Å². The molecule has 0 N–H and O–H groups in total. The molecule has 9 heteroatoms. The standard InChI is InChI=1S/C22H19I2NO6/c1-4-29-18-10-13(8-16(24)20(18)30-11-19(26)28-3)9-17-22(27)31-21(25-17)14-5-6-15(23)12(2)7-14/h5-10H,4,11H2,1-3H3/b17-9-. The van der Waals surface area contributed by atoms with Crippen LogP contribution >= 0.6 is 45.2 Å². The Kier molecular flexibility index (Phi) is 7.92. The molecule has 1 aliphatic rings. The van der Waals surface area contributed by atoms with E-state index in [2.05, 4.69) is 54.9 Å². The third kappa shape index (κ3) is 5.76. The van der Waals surface area contributed by atoms with Crippen LogP contribution in [0, 0.1) is 14.1 Å². The zero-order chi connectivity index (χ0) is 22.5. The van der Waals surface area contributed by atoms with Gasteiger partial charge in [-0.3, -0.25) is 0 Å². The number of esters is 2. The van der Waals surface area contributed by atoms with Crippen LogP contribution in [0.15, 0.2) is 41.0 Å². The molecule has 0 saturated carbocycles. The van der Waals surface area contributed by atoms with E-state index in [1.165, 1.54) is 7.11 Å². The Labute approximate surface area is 207 Å². The Morgan fingerprint density at radius 1 is 1.16 bits per heavy atom. The van der Waals surface area contributed by atoms with Crippen molar-refractivity contribution in [2.45, 2.75) is 13.8 Å². The number of methoxy groups -OCH3 is 1. The lowest BCUT2D eigenvalue weighted by Crippen LogP contribution is -2.14. The number of benzene rings is 2. The van der Waals surface area contributed by atoms with Crippen LogP contribution in [0.5, 0.6) is 11.5 Å². The van der Waals surface area contributed by atoms with Crippen molar-refractivity contribution < 1.29 is 28.5 Å². The molecule has 0 aliphatic carbocycles. The van der Waals surface area contributed by atoms with Crippen LogP contribution in [0.1, 0.15) is 23.6 Å². The van der Waals surface area contributed by atoms with Crippen LogP contribution in [0.3, 0.4) is 0 Å². The first-order valence-electron chi connectivity index (χ1n) is 9.27. The van der Waals surface area contributed by atoms with Crippen molar-refractivity contribution in [3.8, 4) is 11.5 Å². The van der Waals surface area contributed by atoms with Gasteiger partial charge in [0.2, 0.25) is 5.90 Å². The molecule has 0 saturated heterocycles. The summed E-state index contributed by atoms with van der Waals surface area (Å²) in [6.45, 7) is 4.00. The summed E-state index contributed by atoms with van der Waals surface area (Å²) in [7, 11) is 1.29. The minimum absolute atomic E-state index is 0.188. The molecule has 0 atom stereocenters. The summed E-state index contributed by atoms with van der Waals surface area (Å²) in [6.07, 6.45) is 1.63. The summed E-state index contributed by atoms with van der Waals surface area (Å²) in [4.78, 5) is 28.2. The Bertz CT molecular complexity index is 1090. The number of aryl methyl sites for hydroxylation is 1. The fraction of sp³-hybridized carbons (Fsp3) is 0.227. The fourth-order valence-electron chi connectivity index (χ4n) is 2.73. The van der Waals surface area contributed by atoms with Gasteiger partial charge in [0.05, 0.1) is 17.3 Å². The smallest absolute Gasteiger partial charge is 0.363 e. The highest BCUT2D eigenvalue weighted by Crippen LogP contribution is 2.35. The van der Waals surface area contributed by atoms with E-state index in [1.807, 2.05) is 32.0 Å². The molecule has 162 valence electrons. The predicted octanol–water partition coefficient (Wildman–Crippen LogP) is 4.50. The first-order valence-corrected chi connectivity index (χ1v) is 11.4. The predicted molar refractivity (Wildman–Crippen MR) is 132 cm³/mol. The molecule has 2 aromatic carbocycles. The van der Waals surface area contributed by atoms with Gasteiger partial charge in [-0.15, -0.1) is 0 Å². The van der Waals surface area contributed by atoms with E-state index in [0.29, 0.717) is 27.2 Å². The van der Waals surface area contributed by atoms with E-state index in [-0.39, 0.29) is 18.2 Å². The molecule has 0 unspecified atom stereocenters. The molecule has 1 aliphatic heterocycles. The molecule has 31 heavy (non-hydrogen) atoms. The highest BCUT2D eigenvalue weighted by Gasteiger charge is 2.25. The highest BCUT2D eigenvalue weighted by atomic mass is 127. The number of halogens is 2. The lowest BCUT2D eigenvalue weighted by Gasteiger charge is -2.14. The quantitative estimate of drug-likeness (QED) is 0.250. The van der Waals surface area contributed by atoms with Crippen molar-refractivity contribution in [3.63, 3.8) is 0 Å². The first kappa shape index (κ1) is 23.5. The van der Waals surface area contributed by atoms with Crippen molar-refractivity contribution in [2.75, 3.05) is 20.3 Å². The van der Waals surface area contributed by atoms with E-state index in [0.717, 1.165) is 14.7 Å². The van der Waals surface area contributed by atoms with Gasteiger partial charge in [0.25, 0.3) is 0 Å². The SMILES string of the molecule is CCOc1cc(/C=C2\N=C(c3ccc(I)c(C)c3)OC2=O)cc(I)c1OCC(=O)OC. The minimum atomic E-state index is -0.523.